The van der Waals surface area contributed by atoms with E-state index in [9.17, 15) is 4.79 Å². The van der Waals surface area contributed by atoms with Crippen LogP contribution in [0, 0.1) is 12.8 Å². The number of carbonyl (C=O) groups excluding carboxylic acids is 1. The Kier molecular flexibility index (Phi) is 4.95. The number of ether oxygens (including phenoxy) is 1. The summed E-state index contributed by atoms with van der Waals surface area (Å²) in [5, 5.41) is 0. The van der Waals surface area contributed by atoms with E-state index in [0.717, 1.165) is 35.8 Å². The van der Waals surface area contributed by atoms with Gasteiger partial charge in [0.05, 0.1) is 7.11 Å². The van der Waals surface area contributed by atoms with E-state index < -0.39 is 0 Å². The van der Waals surface area contributed by atoms with E-state index in [4.69, 9.17) is 4.74 Å². The van der Waals surface area contributed by atoms with Crippen LogP contribution in [0.3, 0.4) is 0 Å². The quantitative estimate of drug-likeness (QED) is 0.505. The minimum absolute atomic E-state index is 0.00965. The zero-order chi connectivity index (χ0) is 19.1. The number of hydrogen-bond acceptors (Lipinski definition) is 4. The third-order valence-electron chi connectivity index (χ3n) is 5.66. The lowest BCUT2D eigenvalue weighted by Crippen LogP contribution is -2.31. The first-order chi connectivity index (χ1) is 13.0. The van der Waals surface area contributed by atoms with E-state index in [-0.39, 0.29) is 5.78 Å². The molecule has 0 N–H and O–H groups in total. The third-order valence-corrected chi connectivity index (χ3v) is 6.94. The fourth-order valence-electron chi connectivity index (χ4n) is 3.86. The average Bonchev–Trinajstić information content (AvgIpc) is 3.36. The third kappa shape index (κ3) is 3.74. The van der Waals surface area contributed by atoms with Gasteiger partial charge >= 0.3 is 0 Å². The van der Waals surface area contributed by atoms with Gasteiger partial charge in [0.15, 0.2) is 5.78 Å². The van der Waals surface area contributed by atoms with Crippen molar-refractivity contribution in [3.8, 4) is 16.2 Å². The van der Waals surface area contributed by atoms with Crippen molar-refractivity contribution in [1.82, 2.24) is 4.90 Å². The number of hydrogen-bond donors (Lipinski definition) is 0. The van der Waals surface area contributed by atoms with Crippen molar-refractivity contribution in [3.05, 3.63) is 51.9 Å². The molecule has 2 heterocycles. The maximum Gasteiger partial charge on any atom is 0.188 e. The molecule has 1 aromatic carbocycles. The summed E-state index contributed by atoms with van der Waals surface area (Å²) in [5.41, 5.74) is 4.65. The molecule has 3 nitrogen and oxygen atoms in total. The van der Waals surface area contributed by atoms with Crippen LogP contribution in [0.15, 0.2) is 30.4 Å². The smallest absolute Gasteiger partial charge is 0.188 e. The molecule has 0 amide bonds. The second-order valence-electron chi connectivity index (χ2n) is 7.95. The number of ketones is 1. The van der Waals surface area contributed by atoms with Gasteiger partial charge in [0.25, 0.3) is 0 Å². The number of nitrogens with zero attached hydrogens (tertiary/aromatic N) is 1. The van der Waals surface area contributed by atoms with E-state index in [0.29, 0.717) is 11.1 Å². The van der Waals surface area contributed by atoms with E-state index in [1.807, 2.05) is 24.3 Å². The zero-order valence-corrected chi connectivity index (χ0v) is 17.2. The first-order valence-electron chi connectivity index (χ1n) is 9.69. The molecule has 1 saturated carbocycles. The van der Waals surface area contributed by atoms with Gasteiger partial charge < -0.3 is 4.74 Å². The van der Waals surface area contributed by atoms with Crippen molar-refractivity contribution in [2.45, 2.75) is 39.7 Å². The molecular formula is C23H27NO2S. The van der Waals surface area contributed by atoms with Gasteiger partial charge in [0.1, 0.15) is 5.75 Å². The number of Topliss-reactive ketones (excluding diaryl/α,β-unsaturated/α-hetero) is 1. The topological polar surface area (TPSA) is 29.5 Å². The standard InChI is InChI=1S/C23H27NO2S/c1-14(2)23(25)19-9-17(10-20(26-4)15(19)3)22-11-18-13-24(12-16-5-6-16)8-7-21(18)27-22/h9-11,16H,1,5-8,12-13H2,2-4H3. The minimum atomic E-state index is -0.00965. The van der Waals surface area contributed by atoms with Crippen LogP contribution in [-0.2, 0) is 13.0 Å². The maximum absolute atomic E-state index is 12.6. The Labute approximate surface area is 165 Å². The van der Waals surface area contributed by atoms with E-state index >= 15 is 0 Å². The van der Waals surface area contributed by atoms with Crippen LogP contribution in [0.25, 0.3) is 10.4 Å². The highest BCUT2D eigenvalue weighted by atomic mass is 32.1. The van der Waals surface area contributed by atoms with Gasteiger partial charge in [0, 0.05) is 40.5 Å². The van der Waals surface area contributed by atoms with Crippen LogP contribution in [-0.4, -0.2) is 30.9 Å². The van der Waals surface area contributed by atoms with E-state index in [1.165, 1.54) is 41.2 Å². The van der Waals surface area contributed by atoms with Crippen LogP contribution in [0.2, 0.25) is 0 Å². The highest BCUT2D eigenvalue weighted by Crippen LogP contribution is 2.39. The molecule has 0 saturated heterocycles. The lowest BCUT2D eigenvalue weighted by molar-refractivity contribution is 0.103. The minimum Gasteiger partial charge on any atom is -0.496 e. The number of benzene rings is 1. The summed E-state index contributed by atoms with van der Waals surface area (Å²) in [7, 11) is 1.66. The Bertz CT molecular complexity index is 907. The number of fused-ring (bicyclic) bond motifs is 1. The zero-order valence-electron chi connectivity index (χ0n) is 16.4. The van der Waals surface area contributed by atoms with Crippen LogP contribution >= 0.6 is 11.3 Å². The van der Waals surface area contributed by atoms with E-state index in [2.05, 4.69) is 23.6 Å². The summed E-state index contributed by atoms with van der Waals surface area (Å²) in [6, 6.07) is 6.39. The molecule has 0 unspecified atom stereocenters. The molecule has 1 fully saturated rings. The predicted octanol–water partition coefficient (Wildman–Crippen LogP) is 5.26. The Balaban J connectivity index is 1.67. The van der Waals surface area contributed by atoms with Crippen molar-refractivity contribution in [1.29, 1.82) is 0 Å². The molecular weight excluding hydrogens is 354 g/mol. The predicted molar refractivity (Wildman–Crippen MR) is 112 cm³/mol. The summed E-state index contributed by atoms with van der Waals surface area (Å²) in [5.74, 6) is 1.69. The molecule has 2 aliphatic rings. The normalized spacial score (nSPS) is 16.9. The number of thiophene rings is 1. The monoisotopic (exact) mass is 381 g/mol. The van der Waals surface area contributed by atoms with Gasteiger partial charge in [0.2, 0.25) is 0 Å². The van der Waals surface area contributed by atoms with Crippen LogP contribution in [0.1, 0.15) is 46.1 Å². The number of allylic oxidation sites excluding steroid dienone is 1. The molecule has 0 bridgehead atoms. The number of carbonyl (C=O) groups is 1. The largest absolute Gasteiger partial charge is 0.496 e. The van der Waals surface area contributed by atoms with E-state index in [1.54, 1.807) is 14.0 Å². The second kappa shape index (κ2) is 7.25. The molecule has 4 rings (SSSR count). The highest BCUT2D eigenvalue weighted by molar-refractivity contribution is 7.15. The number of rotatable bonds is 6. The van der Waals surface area contributed by atoms with Crippen LogP contribution in [0.4, 0.5) is 0 Å². The van der Waals surface area contributed by atoms with Crippen molar-refractivity contribution in [2.24, 2.45) is 5.92 Å². The SMILES string of the molecule is C=C(C)C(=O)c1cc(-c2cc3c(s2)CCN(CC2CC2)C3)cc(OC)c1C. The lowest BCUT2D eigenvalue weighted by atomic mass is 9.96. The van der Waals surface area contributed by atoms with Crippen LogP contribution < -0.4 is 4.74 Å². The van der Waals surface area contributed by atoms with Crippen molar-refractivity contribution in [2.75, 3.05) is 20.2 Å². The first-order valence-corrected chi connectivity index (χ1v) is 10.5. The first kappa shape index (κ1) is 18.5. The van der Waals surface area contributed by atoms with Gasteiger partial charge in [-0.15, -0.1) is 11.3 Å². The van der Waals surface area contributed by atoms with Crippen molar-refractivity contribution in [3.63, 3.8) is 0 Å². The fraction of sp³-hybridized carbons (Fsp3) is 0.435. The molecule has 2 aromatic rings. The summed E-state index contributed by atoms with van der Waals surface area (Å²) in [4.78, 5) is 17.9. The average molecular weight is 382 g/mol. The van der Waals surface area contributed by atoms with Crippen LogP contribution in [0.5, 0.6) is 5.75 Å². The summed E-state index contributed by atoms with van der Waals surface area (Å²) in [6.45, 7) is 11.0. The Morgan fingerprint density at radius 1 is 1.33 bits per heavy atom. The molecule has 1 aliphatic heterocycles. The van der Waals surface area contributed by atoms with Gasteiger partial charge in [-0.25, -0.2) is 0 Å². The fourth-order valence-corrected chi connectivity index (χ4v) is 5.01. The second-order valence-corrected chi connectivity index (χ2v) is 9.08. The molecule has 4 heteroatoms. The molecule has 27 heavy (non-hydrogen) atoms. The van der Waals surface area contributed by atoms with Gasteiger partial charge in [-0.1, -0.05) is 6.58 Å². The summed E-state index contributed by atoms with van der Waals surface area (Å²) >= 11 is 1.86. The van der Waals surface area contributed by atoms with Gasteiger partial charge in [-0.3, -0.25) is 9.69 Å². The Morgan fingerprint density at radius 2 is 2.11 bits per heavy atom. The Morgan fingerprint density at radius 3 is 2.78 bits per heavy atom. The van der Waals surface area contributed by atoms with Gasteiger partial charge in [-0.05, 0) is 73.9 Å². The van der Waals surface area contributed by atoms with Crippen molar-refractivity contribution >= 4 is 17.1 Å². The molecule has 142 valence electrons. The highest BCUT2D eigenvalue weighted by Gasteiger charge is 2.27. The molecule has 1 aromatic heterocycles. The summed E-state index contributed by atoms with van der Waals surface area (Å²) in [6.07, 6.45) is 3.94. The molecule has 0 spiro atoms. The molecule has 0 radical (unpaired) electrons. The molecule has 0 atom stereocenters. The van der Waals surface area contributed by atoms with Crippen molar-refractivity contribution < 1.29 is 9.53 Å². The molecule has 1 aliphatic carbocycles. The Hall–Kier alpha value is -1.91. The maximum atomic E-state index is 12.6. The van der Waals surface area contributed by atoms with Gasteiger partial charge in [-0.2, -0.15) is 0 Å². The number of methoxy groups -OCH3 is 1. The lowest BCUT2D eigenvalue weighted by Gasteiger charge is -2.26. The summed E-state index contributed by atoms with van der Waals surface area (Å²) < 4.78 is 5.56.